The van der Waals surface area contributed by atoms with E-state index < -0.39 is 0 Å². The number of ketones is 1. The summed E-state index contributed by atoms with van der Waals surface area (Å²) in [4.78, 5) is 11.1. The Labute approximate surface area is 150 Å². The van der Waals surface area contributed by atoms with Crippen LogP contribution in [0.3, 0.4) is 0 Å². The van der Waals surface area contributed by atoms with Crippen LogP contribution in [0.4, 0.5) is 0 Å². The summed E-state index contributed by atoms with van der Waals surface area (Å²) in [6.45, 7) is 13.9. The molecule has 24 heavy (non-hydrogen) atoms. The van der Waals surface area contributed by atoms with Gasteiger partial charge in [-0.1, -0.05) is 50.5 Å². The number of hydrogen-bond acceptors (Lipinski definition) is 1. The van der Waals surface area contributed by atoms with Gasteiger partial charge in [-0.25, -0.2) is 0 Å². The van der Waals surface area contributed by atoms with Crippen LogP contribution in [0.25, 0.3) is 0 Å². The van der Waals surface area contributed by atoms with Gasteiger partial charge in [-0.3, -0.25) is 0 Å². The average molecular weight is 331 g/mol. The summed E-state index contributed by atoms with van der Waals surface area (Å²) in [7, 11) is 0. The summed E-state index contributed by atoms with van der Waals surface area (Å²) in [6, 6.07) is 0. The molecule has 1 saturated carbocycles. The van der Waals surface area contributed by atoms with Crippen molar-refractivity contribution >= 4 is 5.78 Å². The van der Waals surface area contributed by atoms with Crippen LogP contribution in [0.1, 0.15) is 92.9 Å². The van der Waals surface area contributed by atoms with Crippen molar-refractivity contribution in [1.29, 1.82) is 0 Å². The molecular formula is C23H38O. The Balaban J connectivity index is 2.06. The molecule has 0 heterocycles. The van der Waals surface area contributed by atoms with Gasteiger partial charge < -0.3 is 4.79 Å². The molecule has 2 aliphatic carbocycles. The van der Waals surface area contributed by atoms with Crippen LogP contribution in [0.2, 0.25) is 0 Å². The average Bonchev–Trinajstić information content (AvgIpc) is 2.45. The number of fused-ring (bicyclic) bond motifs is 1. The molecule has 0 unspecified atom stereocenters. The molecule has 0 radical (unpaired) electrons. The minimum absolute atomic E-state index is 0.296. The van der Waals surface area contributed by atoms with E-state index in [4.69, 9.17) is 0 Å². The van der Waals surface area contributed by atoms with Crippen LogP contribution >= 0.6 is 0 Å². The third-order valence-corrected chi connectivity index (χ3v) is 7.11. The SMILES string of the molecule is CC(=O)CC/C=C(\C)CC[C@@H]1C(C)=CC[C@H]2C(C)(C)CCC[C@]12C. The molecule has 1 fully saturated rings. The summed E-state index contributed by atoms with van der Waals surface area (Å²) in [5.74, 6) is 1.85. The maximum absolute atomic E-state index is 11.1. The van der Waals surface area contributed by atoms with E-state index in [-0.39, 0.29) is 0 Å². The van der Waals surface area contributed by atoms with Gasteiger partial charge >= 0.3 is 0 Å². The van der Waals surface area contributed by atoms with Crippen molar-refractivity contribution in [3.8, 4) is 0 Å². The standard InChI is InChI=1S/C23H38O/c1-17(9-7-10-19(3)24)11-13-20-18(2)12-14-21-22(4,5)15-8-16-23(20,21)6/h9,12,20-21H,7-8,10-11,13-16H2,1-6H3/b17-9+/t20-,21+,23-/m1/s1. The minimum Gasteiger partial charge on any atom is -0.300 e. The molecule has 3 atom stereocenters. The van der Waals surface area contributed by atoms with E-state index in [0.717, 1.165) is 18.3 Å². The van der Waals surface area contributed by atoms with E-state index in [1.165, 1.54) is 44.1 Å². The monoisotopic (exact) mass is 330 g/mol. The van der Waals surface area contributed by atoms with E-state index >= 15 is 0 Å². The van der Waals surface area contributed by atoms with Gasteiger partial charge in [0.05, 0.1) is 0 Å². The Hall–Kier alpha value is -0.850. The molecule has 0 spiro atoms. The number of allylic oxidation sites excluding steroid dienone is 4. The van der Waals surface area contributed by atoms with Crippen molar-refractivity contribution in [2.45, 2.75) is 92.9 Å². The number of rotatable bonds is 6. The third kappa shape index (κ3) is 4.21. The first-order valence-corrected chi connectivity index (χ1v) is 9.98. The number of carbonyl (C=O) groups excluding carboxylic acids is 1. The van der Waals surface area contributed by atoms with Crippen molar-refractivity contribution in [1.82, 2.24) is 0 Å². The predicted molar refractivity (Wildman–Crippen MR) is 104 cm³/mol. The van der Waals surface area contributed by atoms with Crippen LogP contribution in [-0.2, 0) is 4.79 Å². The molecule has 1 nitrogen and oxygen atoms in total. The van der Waals surface area contributed by atoms with E-state index in [0.29, 0.717) is 23.0 Å². The Morgan fingerprint density at radius 3 is 2.58 bits per heavy atom. The van der Waals surface area contributed by atoms with Crippen LogP contribution in [0, 0.1) is 22.7 Å². The largest absolute Gasteiger partial charge is 0.300 e. The topological polar surface area (TPSA) is 17.1 Å². The quantitative estimate of drug-likeness (QED) is 0.485. The molecule has 0 aromatic carbocycles. The number of hydrogen-bond donors (Lipinski definition) is 0. The second kappa shape index (κ2) is 7.58. The lowest BCUT2D eigenvalue weighted by Crippen LogP contribution is -2.48. The van der Waals surface area contributed by atoms with Gasteiger partial charge in [0.15, 0.2) is 0 Å². The van der Waals surface area contributed by atoms with Gasteiger partial charge in [0.2, 0.25) is 0 Å². The molecule has 0 saturated heterocycles. The summed E-state index contributed by atoms with van der Waals surface area (Å²) < 4.78 is 0. The van der Waals surface area contributed by atoms with Crippen molar-refractivity contribution in [2.24, 2.45) is 22.7 Å². The summed E-state index contributed by atoms with van der Waals surface area (Å²) >= 11 is 0. The molecule has 0 N–H and O–H groups in total. The summed E-state index contributed by atoms with van der Waals surface area (Å²) in [6.07, 6.45) is 14.3. The first-order chi connectivity index (χ1) is 11.2. The van der Waals surface area contributed by atoms with E-state index in [9.17, 15) is 4.79 Å². The third-order valence-electron chi connectivity index (χ3n) is 7.11. The molecule has 2 aliphatic rings. The molecule has 0 aromatic rings. The molecule has 0 bridgehead atoms. The highest BCUT2D eigenvalue weighted by Crippen LogP contribution is 2.60. The minimum atomic E-state index is 0.296. The Bertz CT molecular complexity index is 522. The van der Waals surface area contributed by atoms with Gasteiger partial charge in [-0.15, -0.1) is 0 Å². The summed E-state index contributed by atoms with van der Waals surface area (Å²) in [5.41, 5.74) is 4.04. The fraction of sp³-hybridized carbons (Fsp3) is 0.783. The van der Waals surface area contributed by atoms with E-state index in [2.05, 4.69) is 46.8 Å². The zero-order chi connectivity index (χ0) is 18.0. The van der Waals surface area contributed by atoms with Crippen molar-refractivity contribution in [3.63, 3.8) is 0 Å². The maximum Gasteiger partial charge on any atom is 0.130 e. The highest BCUT2D eigenvalue weighted by molar-refractivity contribution is 5.75. The fourth-order valence-electron chi connectivity index (χ4n) is 5.69. The van der Waals surface area contributed by atoms with Crippen LogP contribution in [0.5, 0.6) is 0 Å². The zero-order valence-corrected chi connectivity index (χ0v) is 16.9. The molecule has 2 rings (SSSR count). The Morgan fingerprint density at radius 1 is 1.21 bits per heavy atom. The molecule has 0 aliphatic heterocycles. The lowest BCUT2D eigenvalue weighted by Gasteiger charge is -2.57. The van der Waals surface area contributed by atoms with Gasteiger partial charge in [0.25, 0.3) is 0 Å². The van der Waals surface area contributed by atoms with Crippen molar-refractivity contribution in [3.05, 3.63) is 23.3 Å². The fourth-order valence-corrected chi connectivity index (χ4v) is 5.69. The molecule has 136 valence electrons. The van der Waals surface area contributed by atoms with Gasteiger partial charge in [-0.2, -0.15) is 0 Å². The van der Waals surface area contributed by atoms with Crippen molar-refractivity contribution in [2.75, 3.05) is 0 Å². The highest BCUT2D eigenvalue weighted by atomic mass is 16.1. The second-order valence-corrected chi connectivity index (χ2v) is 9.47. The van der Waals surface area contributed by atoms with Gasteiger partial charge in [0, 0.05) is 6.42 Å². The van der Waals surface area contributed by atoms with Crippen LogP contribution in [-0.4, -0.2) is 5.78 Å². The lowest BCUT2D eigenvalue weighted by molar-refractivity contribution is -0.116. The molecular weight excluding hydrogens is 292 g/mol. The lowest BCUT2D eigenvalue weighted by atomic mass is 9.48. The summed E-state index contributed by atoms with van der Waals surface area (Å²) in [5, 5.41) is 0. The van der Waals surface area contributed by atoms with Gasteiger partial charge in [0.1, 0.15) is 5.78 Å². The van der Waals surface area contributed by atoms with E-state index in [1.807, 2.05) is 0 Å². The van der Waals surface area contributed by atoms with Crippen LogP contribution in [0.15, 0.2) is 23.3 Å². The molecule has 0 amide bonds. The number of Topliss-reactive ketones (excluding diaryl/α,β-unsaturated/α-hetero) is 1. The maximum atomic E-state index is 11.1. The molecule has 0 aromatic heterocycles. The first kappa shape index (κ1) is 19.5. The van der Waals surface area contributed by atoms with Crippen molar-refractivity contribution < 1.29 is 4.79 Å². The zero-order valence-electron chi connectivity index (χ0n) is 16.9. The smallest absolute Gasteiger partial charge is 0.130 e. The normalized spacial score (nSPS) is 32.9. The molecule has 1 heteroatoms. The first-order valence-electron chi connectivity index (χ1n) is 9.98. The number of carbonyl (C=O) groups is 1. The highest BCUT2D eigenvalue weighted by Gasteiger charge is 2.51. The van der Waals surface area contributed by atoms with E-state index in [1.54, 1.807) is 12.5 Å². The second-order valence-electron chi connectivity index (χ2n) is 9.47. The van der Waals surface area contributed by atoms with Gasteiger partial charge in [-0.05, 0) is 82.0 Å². The predicted octanol–water partition coefficient (Wildman–Crippen LogP) is 6.88. The Morgan fingerprint density at radius 2 is 1.92 bits per heavy atom. The Kier molecular flexibility index (Phi) is 6.15. The van der Waals surface area contributed by atoms with Crippen LogP contribution < -0.4 is 0 Å².